The van der Waals surface area contributed by atoms with E-state index in [0.29, 0.717) is 18.0 Å². The second-order valence-corrected chi connectivity index (χ2v) is 6.26. The minimum atomic E-state index is -0.206. The molecule has 0 heterocycles. The summed E-state index contributed by atoms with van der Waals surface area (Å²) in [5.41, 5.74) is 1.87. The third-order valence-electron chi connectivity index (χ3n) is 4.28. The summed E-state index contributed by atoms with van der Waals surface area (Å²) in [5, 5.41) is 2.93. The van der Waals surface area contributed by atoms with Gasteiger partial charge < -0.3 is 19.7 Å². The van der Waals surface area contributed by atoms with Crippen molar-refractivity contribution in [2.45, 2.75) is 26.4 Å². The highest BCUT2D eigenvalue weighted by atomic mass is 16.5. The Labute approximate surface area is 160 Å². The lowest BCUT2D eigenvalue weighted by atomic mass is 10.1. The standard InChI is InChI=1S/C21H26N2O4/c1-15(18-8-6-5-7-9-18)22-21(25)14-23(16(2)24)13-17-10-11-19(26-3)20(12-17)27-4/h5-12,15H,13-14H2,1-4H3,(H,22,25). The zero-order valence-electron chi connectivity index (χ0n) is 16.2. The summed E-state index contributed by atoms with van der Waals surface area (Å²) in [5.74, 6) is 0.819. The van der Waals surface area contributed by atoms with Crippen LogP contribution in [0.25, 0.3) is 0 Å². The van der Waals surface area contributed by atoms with E-state index in [0.717, 1.165) is 11.1 Å². The molecule has 144 valence electrons. The Bertz CT molecular complexity index is 777. The molecule has 6 heteroatoms. The summed E-state index contributed by atoms with van der Waals surface area (Å²) in [6.45, 7) is 3.66. The van der Waals surface area contributed by atoms with Crippen LogP contribution in [0, 0.1) is 0 Å². The molecular formula is C21H26N2O4. The highest BCUT2D eigenvalue weighted by Gasteiger charge is 2.17. The molecular weight excluding hydrogens is 344 g/mol. The fourth-order valence-corrected chi connectivity index (χ4v) is 2.76. The van der Waals surface area contributed by atoms with Gasteiger partial charge >= 0.3 is 0 Å². The van der Waals surface area contributed by atoms with Gasteiger partial charge in [-0.2, -0.15) is 0 Å². The second-order valence-electron chi connectivity index (χ2n) is 6.26. The van der Waals surface area contributed by atoms with Crippen molar-refractivity contribution in [3.05, 3.63) is 59.7 Å². The minimum absolute atomic E-state index is 0.0130. The monoisotopic (exact) mass is 370 g/mol. The molecule has 2 rings (SSSR count). The quantitative estimate of drug-likeness (QED) is 0.776. The Morgan fingerprint density at radius 3 is 2.30 bits per heavy atom. The summed E-state index contributed by atoms with van der Waals surface area (Å²) >= 11 is 0. The fraction of sp³-hybridized carbons (Fsp3) is 0.333. The van der Waals surface area contributed by atoms with E-state index in [1.54, 1.807) is 26.4 Å². The SMILES string of the molecule is COc1ccc(CN(CC(=O)NC(C)c2ccccc2)C(C)=O)cc1OC. The zero-order chi connectivity index (χ0) is 19.8. The van der Waals surface area contributed by atoms with E-state index in [4.69, 9.17) is 9.47 Å². The lowest BCUT2D eigenvalue weighted by Crippen LogP contribution is -2.40. The summed E-state index contributed by atoms with van der Waals surface area (Å²) in [7, 11) is 3.13. The number of hydrogen-bond donors (Lipinski definition) is 1. The van der Waals surface area contributed by atoms with E-state index in [9.17, 15) is 9.59 Å². The normalized spacial score (nSPS) is 11.4. The maximum atomic E-state index is 12.4. The number of ether oxygens (including phenoxy) is 2. The van der Waals surface area contributed by atoms with Crippen molar-refractivity contribution < 1.29 is 19.1 Å². The molecule has 0 aromatic heterocycles. The molecule has 27 heavy (non-hydrogen) atoms. The van der Waals surface area contributed by atoms with Crippen LogP contribution < -0.4 is 14.8 Å². The Kier molecular flexibility index (Phi) is 7.23. The molecule has 0 saturated carbocycles. The molecule has 2 aromatic rings. The van der Waals surface area contributed by atoms with Crippen molar-refractivity contribution >= 4 is 11.8 Å². The van der Waals surface area contributed by atoms with Crippen LogP contribution in [0.5, 0.6) is 11.5 Å². The number of rotatable bonds is 8. The molecule has 0 spiro atoms. The topological polar surface area (TPSA) is 67.9 Å². The molecule has 0 saturated heterocycles. The van der Waals surface area contributed by atoms with Gasteiger partial charge in [0.15, 0.2) is 11.5 Å². The van der Waals surface area contributed by atoms with Crippen molar-refractivity contribution in [3.63, 3.8) is 0 Å². The Morgan fingerprint density at radius 1 is 1.04 bits per heavy atom. The molecule has 1 unspecified atom stereocenters. The molecule has 0 fully saturated rings. The van der Waals surface area contributed by atoms with Crippen LogP contribution in [0.4, 0.5) is 0 Å². The molecule has 2 aromatic carbocycles. The number of nitrogens with zero attached hydrogens (tertiary/aromatic N) is 1. The summed E-state index contributed by atoms with van der Waals surface area (Å²) < 4.78 is 10.5. The van der Waals surface area contributed by atoms with E-state index in [1.165, 1.54) is 11.8 Å². The van der Waals surface area contributed by atoms with E-state index in [-0.39, 0.29) is 24.4 Å². The number of benzene rings is 2. The van der Waals surface area contributed by atoms with Crippen molar-refractivity contribution in [1.82, 2.24) is 10.2 Å². The fourth-order valence-electron chi connectivity index (χ4n) is 2.76. The van der Waals surface area contributed by atoms with E-state index in [2.05, 4.69) is 5.32 Å². The molecule has 0 aliphatic carbocycles. The first kappa shape index (κ1) is 20.3. The number of hydrogen-bond acceptors (Lipinski definition) is 4. The maximum absolute atomic E-state index is 12.4. The Morgan fingerprint density at radius 2 is 1.70 bits per heavy atom. The van der Waals surface area contributed by atoms with Crippen LogP contribution in [0.15, 0.2) is 48.5 Å². The zero-order valence-corrected chi connectivity index (χ0v) is 16.2. The van der Waals surface area contributed by atoms with Crippen molar-refractivity contribution in [2.75, 3.05) is 20.8 Å². The van der Waals surface area contributed by atoms with Gasteiger partial charge in [0, 0.05) is 13.5 Å². The van der Waals surface area contributed by atoms with E-state index >= 15 is 0 Å². The van der Waals surface area contributed by atoms with Gasteiger partial charge in [0.2, 0.25) is 11.8 Å². The van der Waals surface area contributed by atoms with Gasteiger partial charge in [-0.15, -0.1) is 0 Å². The van der Waals surface area contributed by atoms with Crippen molar-refractivity contribution in [3.8, 4) is 11.5 Å². The maximum Gasteiger partial charge on any atom is 0.240 e. The van der Waals surface area contributed by atoms with Crippen LogP contribution in [0.2, 0.25) is 0 Å². The van der Waals surface area contributed by atoms with Gasteiger partial charge in [-0.3, -0.25) is 9.59 Å². The number of carbonyl (C=O) groups is 2. The van der Waals surface area contributed by atoms with Gasteiger partial charge in [0.1, 0.15) is 0 Å². The first-order valence-electron chi connectivity index (χ1n) is 8.75. The summed E-state index contributed by atoms with van der Waals surface area (Å²) in [6.07, 6.45) is 0. The molecule has 6 nitrogen and oxygen atoms in total. The van der Waals surface area contributed by atoms with Crippen LogP contribution in [-0.2, 0) is 16.1 Å². The lowest BCUT2D eigenvalue weighted by Gasteiger charge is -2.23. The van der Waals surface area contributed by atoms with Crippen LogP contribution in [0.1, 0.15) is 31.0 Å². The van der Waals surface area contributed by atoms with Crippen molar-refractivity contribution in [1.29, 1.82) is 0 Å². The molecule has 0 aliphatic rings. The highest BCUT2D eigenvalue weighted by Crippen LogP contribution is 2.28. The average molecular weight is 370 g/mol. The first-order valence-corrected chi connectivity index (χ1v) is 8.75. The molecule has 0 aliphatic heterocycles. The number of amides is 2. The van der Waals surface area contributed by atoms with Gasteiger partial charge in [-0.25, -0.2) is 0 Å². The number of nitrogens with one attached hydrogen (secondary N) is 1. The third-order valence-corrected chi connectivity index (χ3v) is 4.28. The predicted molar refractivity (Wildman–Crippen MR) is 104 cm³/mol. The van der Waals surface area contributed by atoms with Crippen LogP contribution >= 0.6 is 0 Å². The highest BCUT2D eigenvalue weighted by molar-refractivity contribution is 5.84. The van der Waals surface area contributed by atoms with E-state index in [1.807, 2.05) is 43.3 Å². The van der Waals surface area contributed by atoms with Gasteiger partial charge in [0.25, 0.3) is 0 Å². The lowest BCUT2D eigenvalue weighted by molar-refractivity contribution is -0.135. The molecule has 2 amide bonds. The summed E-state index contributed by atoms with van der Waals surface area (Å²) in [6, 6.07) is 15.0. The van der Waals surface area contributed by atoms with Gasteiger partial charge in [0.05, 0.1) is 26.8 Å². The molecule has 1 atom stereocenters. The minimum Gasteiger partial charge on any atom is -0.493 e. The van der Waals surface area contributed by atoms with Gasteiger partial charge in [-0.05, 0) is 30.2 Å². The second kappa shape index (κ2) is 9.62. The number of methoxy groups -OCH3 is 2. The van der Waals surface area contributed by atoms with Crippen LogP contribution in [-0.4, -0.2) is 37.5 Å². The molecule has 1 N–H and O–H groups in total. The van der Waals surface area contributed by atoms with Gasteiger partial charge in [-0.1, -0.05) is 36.4 Å². The molecule has 0 radical (unpaired) electrons. The van der Waals surface area contributed by atoms with Crippen molar-refractivity contribution in [2.24, 2.45) is 0 Å². The third kappa shape index (κ3) is 5.74. The Balaban J connectivity index is 2.03. The first-order chi connectivity index (χ1) is 12.9. The summed E-state index contributed by atoms with van der Waals surface area (Å²) in [4.78, 5) is 25.9. The largest absolute Gasteiger partial charge is 0.493 e. The average Bonchev–Trinajstić information content (AvgIpc) is 2.67. The number of carbonyl (C=O) groups excluding carboxylic acids is 2. The smallest absolute Gasteiger partial charge is 0.240 e. The van der Waals surface area contributed by atoms with Crippen LogP contribution in [0.3, 0.4) is 0 Å². The van der Waals surface area contributed by atoms with E-state index < -0.39 is 0 Å². The molecule has 0 bridgehead atoms. The predicted octanol–water partition coefficient (Wildman–Crippen LogP) is 2.93. The Hall–Kier alpha value is -3.02.